The molecule has 0 aliphatic carbocycles. The second-order valence-electron chi connectivity index (χ2n) is 4.42. The van der Waals surface area contributed by atoms with Crippen LogP contribution < -0.4 is 5.32 Å². The van der Waals surface area contributed by atoms with Gasteiger partial charge in [-0.2, -0.15) is 24.5 Å². The Bertz CT molecular complexity index is 598. The molecule has 21 heavy (non-hydrogen) atoms. The van der Waals surface area contributed by atoms with E-state index >= 15 is 0 Å². The largest absolute Gasteiger partial charge is 0.423 e. The second-order valence-corrected chi connectivity index (χ2v) is 5.20. The van der Waals surface area contributed by atoms with E-state index in [9.17, 15) is 23.1 Å². The summed E-state index contributed by atoms with van der Waals surface area (Å²) in [6, 6.07) is 8.17. The van der Waals surface area contributed by atoms with Crippen LogP contribution in [0.25, 0.3) is 0 Å². The fourth-order valence-electron chi connectivity index (χ4n) is 1.78. The van der Waals surface area contributed by atoms with Crippen molar-refractivity contribution in [3.8, 4) is 0 Å². The molecule has 112 valence electrons. The van der Waals surface area contributed by atoms with Gasteiger partial charge in [-0.05, 0) is 17.0 Å². The maximum atomic E-state index is 13.2. The van der Waals surface area contributed by atoms with Gasteiger partial charge < -0.3 is 10.4 Å². The molecule has 0 saturated heterocycles. The van der Waals surface area contributed by atoms with Crippen molar-refractivity contribution in [3.63, 3.8) is 0 Å². The van der Waals surface area contributed by atoms with E-state index in [1.54, 1.807) is 11.4 Å². The first-order chi connectivity index (χ1) is 9.84. The van der Waals surface area contributed by atoms with E-state index in [0.29, 0.717) is 0 Å². The van der Waals surface area contributed by atoms with Crippen LogP contribution in [0.4, 0.5) is 13.2 Å². The molecular weight excluding hydrogens is 303 g/mol. The van der Waals surface area contributed by atoms with Crippen molar-refractivity contribution in [1.82, 2.24) is 5.32 Å². The van der Waals surface area contributed by atoms with Gasteiger partial charge in [-0.25, -0.2) is 0 Å². The lowest BCUT2D eigenvalue weighted by Crippen LogP contribution is -2.51. The molecule has 2 N–H and O–H groups in total. The number of carbonyl (C=O) groups excluding carboxylic acids is 1. The topological polar surface area (TPSA) is 49.3 Å². The van der Waals surface area contributed by atoms with Crippen molar-refractivity contribution < 1.29 is 23.1 Å². The molecule has 7 heteroatoms. The minimum absolute atomic E-state index is 0.262. The highest BCUT2D eigenvalue weighted by atomic mass is 32.1. The van der Waals surface area contributed by atoms with Crippen LogP contribution in [0.5, 0.6) is 0 Å². The highest BCUT2D eigenvalue weighted by Gasteiger charge is 2.55. The van der Waals surface area contributed by atoms with Crippen LogP contribution in [0.2, 0.25) is 0 Å². The van der Waals surface area contributed by atoms with Crippen molar-refractivity contribution in [3.05, 3.63) is 58.3 Å². The Morgan fingerprint density at radius 1 is 1.19 bits per heavy atom. The lowest BCUT2D eigenvalue weighted by molar-refractivity contribution is -0.263. The zero-order valence-electron chi connectivity index (χ0n) is 10.7. The normalized spacial score (nSPS) is 14.5. The maximum absolute atomic E-state index is 13.2. The van der Waals surface area contributed by atoms with Crippen molar-refractivity contribution in [2.45, 2.75) is 11.8 Å². The van der Waals surface area contributed by atoms with E-state index in [1.165, 1.54) is 47.0 Å². The molecular formula is C14H12F3NO2S. The second kappa shape index (κ2) is 5.87. The molecule has 0 unspecified atom stereocenters. The summed E-state index contributed by atoms with van der Waals surface area (Å²) in [5, 5.41) is 15.3. The van der Waals surface area contributed by atoms with Gasteiger partial charge in [0.15, 0.2) is 0 Å². The number of carbonyl (C=O) groups is 1. The molecule has 3 nitrogen and oxygen atoms in total. The maximum Gasteiger partial charge on any atom is 0.423 e. The van der Waals surface area contributed by atoms with Gasteiger partial charge in [0.05, 0.1) is 6.54 Å². The summed E-state index contributed by atoms with van der Waals surface area (Å²) in [6.45, 7) is -0.949. The van der Waals surface area contributed by atoms with Gasteiger partial charge in [0, 0.05) is 10.9 Å². The number of hydrogen-bond donors (Lipinski definition) is 2. The molecule has 0 spiro atoms. The van der Waals surface area contributed by atoms with E-state index < -0.39 is 24.2 Å². The summed E-state index contributed by atoms with van der Waals surface area (Å²) in [5.74, 6) is -0.658. The van der Waals surface area contributed by atoms with E-state index in [0.717, 1.165) is 0 Å². The smallest absolute Gasteiger partial charge is 0.375 e. The van der Waals surface area contributed by atoms with Crippen LogP contribution in [0.15, 0.2) is 47.2 Å². The van der Waals surface area contributed by atoms with E-state index in [2.05, 4.69) is 5.32 Å². The Labute approximate surface area is 123 Å². The summed E-state index contributed by atoms with van der Waals surface area (Å²) >= 11 is 1.26. The molecule has 1 aromatic carbocycles. The number of aliphatic hydroxyl groups is 1. The number of halogens is 3. The standard InChI is InChI=1S/C14H12F3NO2S/c15-14(16,17)13(20,11-4-2-1-3-5-11)9-18-12(19)10-6-7-21-8-10/h1-8,20H,9H2,(H,18,19)/t13-/m1/s1. The molecule has 1 aromatic heterocycles. The number of nitrogens with one attached hydrogen (secondary N) is 1. The number of thiophene rings is 1. The van der Waals surface area contributed by atoms with E-state index in [1.807, 2.05) is 0 Å². The number of benzene rings is 1. The Kier molecular flexibility index (Phi) is 4.34. The van der Waals surface area contributed by atoms with Crippen LogP contribution >= 0.6 is 11.3 Å². The van der Waals surface area contributed by atoms with Gasteiger partial charge in [-0.1, -0.05) is 30.3 Å². The lowest BCUT2D eigenvalue weighted by Gasteiger charge is -2.31. The number of hydrogen-bond acceptors (Lipinski definition) is 3. The van der Waals surface area contributed by atoms with E-state index in [4.69, 9.17) is 0 Å². The SMILES string of the molecule is O=C(NC[C@@](O)(c1ccccc1)C(F)(F)F)c1ccsc1. The highest BCUT2D eigenvalue weighted by Crippen LogP contribution is 2.38. The molecule has 0 bridgehead atoms. The summed E-state index contributed by atoms with van der Waals surface area (Å²) in [7, 11) is 0. The first-order valence-corrected chi connectivity index (χ1v) is 6.94. The Balaban J connectivity index is 2.20. The van der Waals surface area contributed by atoms with Crippen LogP contribution in [-0.4, -0.2) is 23.7 Å². The van der Waals surface area contributed by atoms with Crippen molar-refractivity contribution >= 4 is 17.2 Å². The monoisotopic (exact) mass is 315 g/mol. The van der Waals surface area contributed by atoms with Crippen LogP contribution in [0, 0.1) is 0 Å². The van der Waals surface area contributed by atoms with Gasteiger partial charge in [0.1, 0.15) is 0 Å². The summed E-state index contributed by atoms with van der Waals surface area (Å²) in [5.41, 5.74) is -3.18. The molecule has 2 aromatic rings. The lowest BCUT2D eigenvalue weighted by atomic mass is 9.93. The van der Waals surface area contributed by atoms with Crippen molar-refractivity contribution in [2.75, 3.05) is 6.54 Å². The van der Waals surface area contributed by atoms with Crippen molar-refractivity contribution in [1.29, 1.82) is 0 Å². The van der Waals surface area contributed by atoms with Gasteiger partial charge >= 0.3 is 6.18 Å². The third kappa shape index (κ3) is 3.25. The zero-order chi connectivity index (χ0) is 15.5. The molecule has 0 saturated carbocycles. The molecule has 2 rings (SSSR count). The molecule has 1 amide bonds. The fraction of sp³-hybridized carbons (Fsp3) is 0.214. The summed E-state index contributed by atoms with van der Waals surface area (Å²) in [6.07, 6.45) is -4.91. The summed E-state index contributed by atoms with van der Waals surface area (Å²) in [4.78, 5) is 11.7. The molecule has 0 radical (unpaired) electrons. The minimum Gasteiger partial charge on any atom is -0.375 e. The molecule has 0 fully saturated rings. The predicted molar refractivity (Wildman–Crippen MR) is 73.0 cm³/mol. The van der Waals surface area contributed by atoms with Gasteiger partial charge in [-0.3, -0.25) is 4.79 Å². The molecule has 1 atom stereocenters. The summed E-state index contributed by atoms with van der Waals surface area (Å²) < 4.78 is 39.6. The van der Waals surface area contributed by atoms with Crippen LogP contribution in [0.1, 0.15) is 15.9 Å². The third-order valence-corrected chi connectivity index (χ3v) is 3.69. The Morgan fingerprint density at radius 2 is 1.86 bits per heavy atom. The average molecular weight is 315 g/mol. The molecule has 0 aliphatic heterocycles. The quantitative estimate of drug-likeness (QED) is 0.911. The predicted octanol–water partition coefficient (Wildman–Crippen LogP) is 2.93. The number of amides is 1. The first-order valence-electron chi connectivity index (χ1n) is 5.99. The van der Waals surface area contributed by atoms with Crippen LogP contribution in [0.3, 0.4) is 0 Å². The minimum atomic E-state index is -4.91. The first kappa shape index (κ1) is 15.5. The highest BCUT2D eigenvalue weighted by molar-refractivity contribution is 7.08. The number of alkyl halides is 3. The fourth-order valence-corrected chi connectivity index (χ4v) is 2.42. The number of rotatable bonds is 4. The average Bonchev–Trinajstić information content (AvgIpc) is 2.98. The van der Waals surface area contributed by atoms with Crippen LogP contribution in [-0.2, 0) is 5.60 Å². The third-order valence-electron chi connectivity index (χ3n) is 3.01. The zero-order valence-corrected chi connectivity index (χ0v) is 11.5. The van der Waals surface area contributed by atoms with Gasteiger partial charge in [-0.15, -0.1) is 0 Å². The van der Waals surface area contributed by atoms with Gasteiger partial charge in [0.25, 0.3) is 5.91 Å². The molecule has 1 heterocycles. The Morgan fingerprint density at radius 3 is 2.38 bits per heavy atom. The Hall–Kier alpha value is -1.86. The van der Waals surface area contributed by atoms with E-state index in [-0.39, 0.29) is 11.1 Å². The molecule has 0 aliphatic rings. The van der Waals surface area contributed by atoms with Crippen molar-refractivity contribution in [2.24, 2.45) is 0 Å². The van der Waals surface area contributed by atoms with Gasteiger partial charge in [0.2, 0.25) is 5.60 Å².